The Morgan fingerprint density at radius 2 is 1.92 bits per heavy atom. The molecule has 0 N–H and O–H groups in total. The Kier molecular flexibility index (Phi) is 6.51. The van der Waals surface area contributed by atoms with E-state index in [9.17, 15) is 14.9 Å². The van der Waals surface area contributed by atoms with E-state index in [1.807, 2.05) is 12.1 Å². The number of benzene rings is 2. The zero-order valence-corrected chi connectivity index (χ0v) is 14.0. The van der Waals surface area contributed by atoms with E-state index in [4.69, 9.17) is 10.00 Å². The fourth-order valence-corrected chi connectivity index (χ4v) is 2.22. The summed E-state index contributed by atoms with van der Waals surface area (Å²) >= 11 is 0. The maximum atomic E-state index is 11.4. The molecule has 2 rings (SSSR count). The lowest BCUT2D eigenvalue weighted by molar-refractivity contribution is -0.384. The molecular weight excluding hydrogens is 336 g/mol. The molecule has 0 aliphatic rings. The molecule has 1 atom stereocenters. The van der Waals surface area contributed by atoms with Gasteiger partial charge in [0.15, 0.2) is 0 Å². The molecule has 26 heavy (non-hydrogen) atoms. The molecule has 1 unspecified atom stereocenters. The van der Waals surface area contributed by atoms with E-state index in [2.05, 4.69) is 10.2 Å². The highest BCUT2D eigenvalue weighted by Gasteiger charge is 2.12. The van der Waals surface area contributed by atoms with Crippen LogP contribution in [-0.2, 0) is 16.0 Å². The third-order valence-electron chi connectivity index (χ3n) is 3.39. The number of nitrogens with zero attached hydrogens (tertiary/aromatic N) is 4. The van der Waals surface area contributed by atoms with Crippen molar-refractivity contribution in [3.05, 3.63) is 64.2 Å². The van der Waals surface area contributed by atoms with Gasteiger partial charge in [0.25, 0.3) is 5.69 Å². The first kappa shape index (κ1) is 18.7. The monoisotopic (exact) mass is 352 g/mol. The number of esters is 1. The van der Waals surface area contributed by atoms with E-state index in [1.165, 1.54) is 24.3 Å². The van der Waals surface area contributed by atoms with E-state index < -0.39 is 17.0 Å². The highest BCUT2D eigenvalue weighted by molar-refractivity contribution is 5.72. The summed E-state index contributed by atoms with van der Waals surface area (Å²) in [5.41, 5.74) is 1.90. The molecule has 0 radical (unpaired) electrons. The summed E-state index contributed by atoms with van der Waals surface area (Å²) in [5.74, 6) is -0.565. The van der Waals surface area contributed by atoms with Crippen LogP contribution in [0.1, 0.15) is 18.9 Å². The average molecular weight is 352 g/mol. The summed E-state index contributed by atoms with van der Waals surface area (Å²) in [4.78, 5) is 21.6. The molecule has 0 aromatic heterocycles. The van der Waals surface area contributed by atoms with Gasteiger partial charge >= 0.3 is 5.97 Å². The first-order valence-corrected chi connectivity index (χ1v) is 7.80. The fraction of sp³-hybridized carbons (Fsp3) is 0.222. The number of nitriles is 1. The zero-order chi connectivity index (χ0) is 18.9. The number of carbonyl (C=O) groups excluding carboxylic acids is 1. The Morgan fingerprint density at radius 3 is 2.58 bits per heavy atom. The minimum atomic E-state index is -0.565. The number of rotatable bonds is 7. The summed E-state index contributed by atoms with van der Waals surface area (Å²) in [6.07, 6.45) is -0.273. The number of nitro groups is 1. The zero-order valence-electron chi connectivity index (χ0n) is 14.0. The van der Waals surface area contributed by atoms with Crippen LogP contribution in [0.25, 0.3) is 0 Å². The van der Waals surface area contributed by atoms with Crippen molar-refractivity contribution >= 4 is 23.0 Å². The van der Waals surface area contributed by atoms with Crippen molar-refractivity contribution in [2.24, 2.45) is 10.2 Å². The van der Waals surface area contributed by atoms with Crippen LogP contribution in [-0.4, -0.2) is 17.0 Å². The van der Waals surface area contributed by atoms with Gasteiger partial charge in [-0.2, -0.15) is 15.5 Å². The van der Waals surface area contributed by atoms with Crippen molar-refractivity contribution in [3.8, 4) is 6.07 Å². The van der Waals surface area contributed by atoms with Crippen molar-refractivity contribution in [2.75, 3.05) is 0 Å². The number of ether oxygens (including phenoxy) is 1. The van der Waals surface area contributed by atoms with Crippen LogP contribution in [0.4, 0.5) is 17.1 Å². The highest BCUT2D eigenvalue weighted by atomic mass is 16.6. The fourth-order valence-electron chi connectivity index (χ4n) is 2.22. The van der Waals surface area contributed by atoms with Crippen molar-refractivity contribution in [1.82, 2.24) is 0 Å². The van der Waals surface area contributed by atoms with Gasteiger partial charge in [-0.15, -0.1) is 0 Å². The molecule has 0 heterocycles. The topological polar surface area (TPSA) is 118 Å². The summed E-state index contributed by atoms with van der Waals surface area (Å²) < 4.78 is 5.15. The van der Waals surface area contributed by atoms with Crippen molar-refractivity contribution < 1.29 is 14.5 Å². The van der Waals surface area contributed by atoms with Gasteiger partial charge in [0.2, 0.25) is 0 Å². The molecule has 2 aromatic rings. The maximum absolute atomic E-state index is 11.4. The Morgan fingerprint density at radius 1 is 1.23 bits per heavy atom. The lowest BCUT2D eigenvalue weighted by Crippen LogP contribution is -2.16. The van der Waals surface area contributed by atoms with Gasteiger partial charge in [-0.3, -0.25) is 14.9 Å². The molecule has 8 nitrogen and oxygen atoms in total. The van der Waals surface area contributed by atoms with E-state index in [0.717, 1.165) is 5.56 Å². The molecule has 0 spiro atoms. The Labute approximate surface area is 149 Å². The second-order valence-corrected chi connectivity index (χ2v) is 5.44. The summed E-state index contributed by atoms with van der Waals surface area (Å²) in [5, 5.41) is 27.4. The molecule has 0 aliphatic carbocycles. The van der Waals surface area contributed by atoms with Gasteiger partial charge < -0.3 is 4.74 Å². The first-order chi connectivity index (χ1) is 12.5. The predicted octanol–water partition coefficient (Wildman–Crippen LogP) is 4.40. The van der Waals surface area contributed by atoms with Gasteiger partial charge in [-0.25, -0.2) is 0 Å². The van der Waals surface area contributed by atoms with E-state index in [1.54, 1.807) is 25.1 Å². The summed E-state index contributed by atoms with van der Waals surface area (Å²) in [6, 6.07) is 14.7. The van der Waals surface area contributed by atoms with Gasteiger partial charge in [0.1, 0.15) is 12.5 Å². The average Bonchev–Trinajstić information content (AvgIpc) is 2.61. The third-order valence-corrected chi connectivity index (χ3v) is 3.39. The smallest absolute Gasteiger partial charge is 0.320 e. The first-order valence-electron chi connectivity index (χ1n) is 7.80. The molecule has 8 heteroatoms. The minimum absolute atomic E-state index is 0.0163. The van der Waals surface area contributed by atoms with Gasteiger partial charge in [0.05, 0.1) is 22.4 Å². The third kappa shape index (κ3) is 5.49. The van der Waals surface area contributed by atoms with Gasteiger partial charge in [-0.1, -0.05) is 18.2 Å². The van der Waals surface area contributed by atoms with Crippen molar-refractivity contribution in [2.45, 2.75) is 25.9 Å². The SMILES string of the molecule is CC(Cc1ccccc1/N=N/c1ccc([N+](=O)[O-])cc1)OC(=O)CC#N. The largest absolute Gasteiger partial charge is 0.462 e. The second kappa shape index (κ2) is 9.03. The number of hydrogen-bond acceptors (Lipinski definition) is 7. The molecule has 2 aromatic carbocycles. The second-order valence-electron chi connectivity index (χ2n) is 5.44. The van der Waals surface area contributed by atoms with Gasteiger partial charge in [0, 0.05) is 18.6 Å². The van der Waals surface area contributed by atoms with Crippen LogP contribution in [0, 0.1) is 21.4 Å². The van der Waals surface area contributed by atoms with Crippen LogP contribution in [0.3, 0.4) is 0 Å². The minimum Gasteiger partial charge on any atom is -0.462 e. The summed E-state index contributed by atoms with van der Waals surface area (Å²) in [6.45, 7) is 1.74. The maximum Gasteiger partial charge on any atom is 0.320 e. The molecule has 132 valence electrons. The number of nitro benzene ring substituents is 1. The Balaban J connectivity index is 2.09. The van der Waals surface area contributed by atoms with E-state index in [0.29, 0.717) is 17.8 Å². The van der Waals surface area contributed by atoms with Crippen LogP contribution in [0.2, 0.25) is 0 Å². The molecule has 0 fully saturated rings. The predicted molar refractivity (Wildman–Crippen MR) is 93.2 cm³/mol. The standard InChI is InChI=1S/C18H16N4O4/c1-13(26-18(23)10-11-19)12-14-4-2-3-5-17(14)21-20-15-6-8-16(9-7-15)22(24)25/h2-9,13H,10,12H2,1H3/b21-20+. The number of carbonyl (C=O) groups is 1. The van der Waals surface area contributed by atoms with Crippen LogP contribution in [0.15, 0.2) is 58.8 Å². The quantitative estimate of drug-likeness (QED) is 0.317. The molecule has 0 saturated heterocycles. The summed E-state index contributed by atoms with van der Waals surface area (Å²) in [7, 11) is 0. The molecule has 0 saturated carbocycles. The number of hydrogen-bond donors (Lipinski definition) is 0. The van der Waals surface area contributed by atoms with Crippen LogP contribution >= 0.6 is 0 Å². The van der Waals surface area contributed by atoms with Gasteiger partial charge in [-0.05, 0) is 30.7 Å². The molecular formula is C18H16N4O4. The Bertz CT molecular complexity index is 856. The lowest BCUT2D eigenvalue weighted by Gasteiger charge is -2.13. The number of azo groups is 1. The normalized spacial score (nSPS) is 11.7. The highest BCUT2D eigenvalue weighted by Crippen LogP contribution is 2.25. The van der Waals surface area contributed by atoms with Crippen LogP contribution < -0.4 is 0 Å². The molecule has 0 amide bonds. The van der Waals surface area contributed by atoms with Crippen molar-refractivity contribution in [1.29, 1.82) is 5.26 Å². The van der Waals surface area contributed by atoms with Crippen LogP contribution in [0.5, 0.6) is 0 Å². The Hall–Kier alpha value is -3.60. The van der Waals surface area contributed by atoms with Crippen molar-refractivity contribution in [3.63, 3.8) is 0 Å². The molecule has 0 bridgehead atoms. The van der Waals surface area contributed by atoms with E-state index >= 15 is 0 Å². The molecule has 0 aliphatic heterocycles. The lowest BCUT2D eigenvalue weighted by atomic mass is 10.1. The van der Waals surface area contributed by atoms with E-state index in [-0.39, 0.29) is 12.1 Å². The number of non-ortho nitro benzene ring substituents is 1.